The third-order valence-electron chi connectivity index (χ3n) is 9.50. The Morgan fingerprint density at radius 1 is 0.689 bits per heavy atom. The number of benzene rings is 5. The second-order valence-electron chi connectivity index (χ2n) is 12.2. The minimum absolute atomic E-state index is 0.220. The summed E-state index contributed by atoms with van der Waals surface area (Å²) in [5.74, 6) is 0.220. The highest BCUT2D eigenvalue weighted by Crippen LogP contribution is 2.43. The molecular weight excluding hydrogens is 540 g/mol. The minimum Gasteiger partial charge on any atom is -0.0990 e. The molecule has 0 saturated carbocycles. The van der Waals surface area contributed by atoms with Gasteiger partial charge >= 0.3 is 0 Å². The third kappa shape index (κ3) is 5.28. The molecule has 0 N–H and O–H groups in total. The predicted octanol–water partition coefficient (Wildman–Crippen LogP) is 12.0. The molecular formula is C45H38. The van der Waals surface area contributed by atoms with Crippen LogP contribution in [0.5, 0.6) is 0 Å². The second-order valence-corrected chi connectivity index (χ2v) is 12.2. The largest absolute Gasteiger partial charge is 0.0990 e. The van der Waals surface area contributed by atoms with Crippen molar-refractivity contribution in [3.05, 3.63) is 197 Å². The summed E-state index contributed by atoms with van der Waals surface area (Å²) in [5, 5.41) is 0. The molecule has 1 unspecified atom stereocenters. The molecule has 0 nitrogen and oxygen atoms in total. The minimum atomic E-state index is 0.220. The van der Waals surface area contributed by atoms with Gasteiger partial charge in [-0.05, 0) is 111 Å². The van der Waals surface area contributed by atoms with Crippen molar-refractivity contribution in [1.29, 1.82) is 0 Å². The van der Waals surface area contributed by atoms with E-state index < -0.39 is 0 Å². The summed E-state index contributed by atoms with van der Waals surface area (Å²) in [7, 11) is 0. The monoisotopic (exact) mass is 578 g/mol. The normalized spacial score (nSPS) is 15.5. The molecule has 0 aromatic heterocycles. The average molecular weight is 579 g/mol. The van der Waals surface area contributed by atoms with Crippen molar-refractivity contribution in [1.82, 2.24) is 0 Å². The van der Waals surface area contributed by atoms with Gasteiger partial charge in [-0.2, -0.15) is 0 Å². The quantitative estimate of drug-likeness (QED) is 0.165. The van der Waals surface area contributed by atoms with Crippen LogP contribution >= 0.6 is 0 Å². The zero-order valence-corrected chi connectivity index (χ0v) is 26.3. The maximum Gasteiger partial charge on any atom is 0.0217 e. The van der Waals surface area contributed by atoms with Crippen LogP contribution in [0.2, 0.25) is 0 Å². The van der Waals surface area contributed by atoms with Crippen LogP contribution in [0.25, 0.3) is 39.0 Å². The second kappa shape index (κ2) is 12.1. The molecule has 0 spiro atoms. The Morgan fingerprint density at radius 2 is 1.36 bits per heavy atom. The molecule has 0 heterocycles. The molecule has 0 saturated heterocycles. The number of fused-ring (bicyclic) bond motifs is 3. The Labute approximate surface area is 268 Å². The number of aryl methyl sites for hydroxylation is 1. The van der Waals surface area contributed by atoms with Crippen LogP contribution in [-0.4, -0.2) is 0 Å². The van der Waals surface area contributed by atoms with Crippen LogP contribution in [0.1, 0.15) is 57.3 Å². The first-order chi connectivity index (χ1) is 22.0. The fraction of sp³-hybridized carbons (Fsp3) is 0.111. The standard InChI is InChI=1S/C45H38/c1-5-14-33(39-21-12-22-40(32(39)4)37-17-8-6-15-30(37)2)27-31(3)38-18-10-11-19-41(38)35-25-26-36(28-35)43-23-13-24-44-42-20-9-7-16-34(42)29-45(43)44/h5-28,35H,1,29H2,2-4H3/b31-27+,33-14+. The lowest BCUT2D eigenvalue weighted by Gasteiger charge is -2.17. The van der Waals surface area contributed by atoms with Crippen LogP contribution in [0.4, 0.5) is 0 Å². The van der Waals surface area contributed by atoms with Crippen molar-refractivity contribution in [2.75, 3.05) is 0 Å². The van der Waals surface area contributed by atoms with E-state index in [1.807, 2.05) is 6.08 Å². The van der Waals surface area contributed by atoms with Crippen LogP contribution in [0.15, 0.2) is 152 Å². The molecule has 7 rings (SSSR count). The van der Waals surface area contributed by atoms with Gasteiger partial charge in [0.2, 0.25) is 0 Å². The van der Waals surface area contributed by atoms with Gasteiger partial charge in [0.05, 0.1) is 0 Å². The van der Waals surface area contributed by atoms with Crippen molar-refractivity contribution in [2.45, 2.75) is 33.1 Å². The van der Waals surface area contributed by atoms with Gasteiger partial charge in [-0.3, -0.25) is 0 Å². The molecule has 218 valence electrons. The summed E-state index contributed by atoms with van der Waals surface area (Å²) in [5.41, 5.74) is 19.7. The highest BCUT2D eigenvalue weighted by Gasteiger charge is 2.24. The number of hydrogen-bond acceptors (Lipinski definition) is 0. The third-order valence-corrected chi connectivity index (χ3v) is 9.50. The molecule has 0 bridgehead atoms. The molecule has 2 aliphatic carbocycles. The smallest absolute Gasteiger partial charge is 0.0217 e. The molecule has 0 aliphatic heterocycles. The van der Waals surface area contributed by atoms with E-state index in [9.17, 15) is 0 Å². The fourth-order valence-corrected chi connectivity index (χ4v) is 7.23. The van der Waals surface area contributed by atoms with Crippen LogP contribution in [0, 0.1) is 13.8 Å². The summed E-state index contributed by atoms with van der Waals surface area (Å²) < 4.78 is 0. The van der Waals surface area contributed by atoms with Crippen LogP contribution in [-0.2, 0) is 6.42 Å². The molecule has 1 atom stereocenters. The number of hydrogen-bond donors (Lipinski definition) is 0. The van der Waals surface area contributed by atoms with E-state index in [0.717, 1.165) is 6.42 Å². The summed E-state index contributed by atoms with van der Waals surface area (Å²) in [6.45, 7) is 10.7. The maximum absolute atomic E-state index is 4.06. The van der Waals surface area contributed by atoms with Crippen LogP contribution < -0.4 is 0 Å². The maximum atomic E-state index is 4.06. The Kier molecular flexibility index (Phi) is 7.66. The van der Waals surface area contributed by atoms with Crippen molar-refractivity contribution in [3.8, 4) is 22.3 Å². The van der Waals surface area contributed by atoms with Crippen molar-refractivity contribution < 1.29 is 0 Å². The van der Waals surface area contributed by atoms with Gasteiger partial charge in [0, 0.05) is 5.92 Å². The van der Waals surface area contributed by atoms with Gasteiger partial charge in [0.1, 0.15) is 0 Å². The van der Waals surface area contributed by atoms with Gasteiger partial charge in [0.15, 0.2) is 0 Å². The topological polar surface area (TPSA) is 0 Å². The van der Waals surface area contributed by atoms with E-state index in [0.29, 0.717) is 0 Å². The summed E-state index contributed by atoms with van der Waals surface area (Å²) in [6, 6.07) is 39.7. The zero-order chi connectivity index (χ0) is 30.9. The Bertz CT molecular complexity index is 2070. The molecule has 45 heavy (non-hydrogen) atoms. The van der Waals surface area contributed by atoms with Gasteiger partial charge in [-0.25, -0.2) is 0 Å². The summed E-state index contributed by atoms with van der Waals surface area (Å²) >= 11 is 0. The predicted molar refractivity (Wildman–Crippen MR) is 194 cm³/mol. The highest BCUT2D eigenvalue weighted by molar-refractivity contribution is 5.90. The highest BCUT2D eigenvalue weighted by atomic mass is 14.3. The van der Waals surface area contributed by atoms with Crippen molar-refractivity contribution in [3.63, 3.8) is 0 Å². The van der Waals surface area contributed by atoms with E-state index in [1.54, 1.807) is 0 Å². The molecule has 2 aliphatic rings. The van der Waals surface area contributed by atoms with Crippen molar-refractivity contribution in [2.24, 2.45) is 0 Å². The first kappa shape index (κ1) is 28.6. The van der Waals surface area contributed by atoms with E-state index in [-0.39, 0.29) is 5.92 Å². The van der Waals surface area contributed by atoms with Gasteiger partial charge in [-0.15, -0.1) is 0 Å². The summed E-state index contributed by atoms with van der Waals surface area (Å²) in [4.78, 5) is 0. The number of rotatable bonds is 7. The van der Waals surface area contributed by atoms with E-state index in [2.05, 4.69) is 167 Å². The summed E-state index contributed by atoms with van der Waals surface area (Å²) in [6.07, 6.45) is 14.5. The first-order valence-electron chi connectivity index (χ1n) is 15.9. The Morgan fingerprint density at radius 3 is 2.20 bits per heavy atom. The Balaban J connectivity index is 1.23. The lowest BCUT2D eigenvalue weighted by molar-refractivity contribution is 1.09. The number of allylic oxidation sites excluding steroid dienone is 9. The average Bonchev–Trinajstić information content (AvgIpc) is 3.71. The van der Waals surface area contributed by atoms with Gasteiger partial charge in [0.25, 0.3) is 0 Å². The van der Waals surface area contributed by atoms with Crippen molar-refractivity contribution >= 4 is 16.7 Å². The molecule has 0 amide bonds. The molecule has 5 aromatic carbocycles. The lowest BCUT2D eigenvalue weighted by Crippen LogP contribution is -1.97. The molecule has 0 heteroatoms. The fourth-order valence-electron chi connectivity index (χ4n) is 7.23. The SMILES string of the molecule is C=C/C=C(\C=C(/C)c1ccccc1C1C=CC(c2cccc3c2Cc2ccccc2-3)=C1)c1cccc(-c2ccccc2C)c1C. The van der Waals surface area contributed by atoms with E-state index in [4.69, 9.17) is 0 Å². The van der Waals surface area contributed by atoms with E-state index >= 15 is 0 Å². The molecule has 5 aromatic rings. The molecule has 0 radical (unpaired) electrons. The zero-order valence-electron chi connectivity index (χ0n) is 26.3. The van der Waals surface area contributed by atoms with E-state index in [1.165, 1.54) is 83.5 Å². The van der Waals surface area contributed by atoms with Gasteiger partial charge < -0.3 is 0 Å². The molecule has 0 fully saturated rings. The lowest BCUT2D eigenvalue weighted by atomic mass is 9.87. The van der Waals surface area contributed by atoms with Gasteiger partial charge in [-0.1, -0.05) is 152 Å². The van der Waals surface area contributed by atoms with Crippen LogP contribution in [0.3, 0.4) is 0 Å². The first-order valence-corrected chi connectivity index (χ1v) is 15.9. The Hall–Kier alpha value is -5.20.